The van der Waals surface area contributed by atoms with E-state index in [4.69, 9.17) is 4.74 Å². The molecule has 1 rings (SSSR count). The Morgan fingerprint density at radius 2 is 2.20 bits per heavy atom. The molecule has 0 aromatic carbocycles. The Hall–Kier alpha value is -1.09. The number of methoxy groups -OCH3 is 1. The summed E-state index contributed by atoms with van der Waals surface area (Å²) in [5.41, 5.74) is -0.469. The molecule has 0 saturated heterocycles. The highest BCUT2D eigenvalue weighted by atomic mass is 79.9. The van der Waals surface area contributed by atoms with Crippen LogP contribution in [0.2, 0.25) is 0 Å². The van der Waals surface area contributed by atoms with E-state index in [1.54, 1.807) is 7.11 Å². The minimum atomic E-state index is -4.49. The van der Waals surface area contributed by atoms with E-state index >= 15 is 0 Å². The van der Waals surface area contributed by atoms with Gasteiger partial charge < -0.3 is 10.1 Å². The van der Waals surface area contributed by atoms with Crippen molar-refractivity contribution >= 4 is 21.6 Å². The van der Waals surface area contributed by atoms with Crippen LogP contribution in [0, 0.1) is 0 Å². The summed E-state index contributed by atoms with van der Waals surface area (Å²) in [7, 11) is 1.57. The molecule has 0 saturated carbocycles. The van der Waals surface area contributed by atoms with Gasteiger partial charge in [0.05, 0.1) is 11.9 Å². The molecule has 0 bridgehead atoms. The lowest BCUT2D eigenvalue weighted by Crippen LogP contribution is -2.31. The quantitative estimate of drug-likeness (QED) is 0.849. The van der Waals surface area contributed by atoms with E-state index in [0.717, 1.165) is 0 Å². The van der Waals surface area contributed by atoms with Crippen molar-refractivity contribution in [3.63, 3.8) is 0 Å². The van der Waals surface area contributed by atoms with Gasteiger partial charge in [0.15, 0.2) is 0 Å². The fourth-order valence-corrected chi connectivity index (χ4v) is 1.90. The highest BCUT2D eigenvalue weighted by Crippen LogP contribution is 2.20. The summed E-state index contributed by atoms with van der Waals surface area (Å²) in [5, 5.41) is 6.51. The van der Waals surface area contributed by atoms with E-state index in [0.29, 0.717) is 23.4 Å². The van der Waals surface area contributed by atoms with Gasteiger partial charge in [-0.2, -0.15) is 18.3 Å². The third kappa shape index (κ3) is 5.12. The second-order valence-electron chi connectivity index (χ2n) is 4.28. The van der Waals surface area contributed by atoms with Gasteiger partial charge in [0.1, 0.15) is 11.0 Å². The maximum absolute atomic E-state index is 12.3. The van der Waals surface area contributed by atoms with Crippen LogP contribution in [0.5, 0.6) is 0 Å². The molecule has 1 N–H and O–H groups in total. The van der Waals surface area contributed by atoms with E-state index in [9.17, 15) is 18.0 Å². The Kier molecular flexibility index (Phi) is 6.00. The number of aromatic nitrogens is 2. The minimum absolute atomic E-state index is 0.00841. The molecule has 0 aliphatic heterocycles. The van der Waals surface area contributed by atoms with Crippen LogP contribution in [0.25, 0.3) is 0 Å². The highest BCUT2D eigenvalue weighted by molar-refractivity contribution is 9.10. The molecule has 20 heavy (non-hydrogen) atoms. The molecule has 0 fully saturated rings. The van der Waals surface area contributed by atoms with Crippen molar-refractivity contribution < 1.29 is 17.9 Å². The molecule has 1 aromatic rings. The lowest BCUT2D eigenvalue weighted by molar-refractivity contribution is -0.143. The molecule has 1 aromatic heterocycles. The minimum Gasteiger partial charge on any atom is -0.385 e. The third-order valence-corrected chi connectivity index (χ3v) is 3.24. The summed E-state index contributed by atoms with van der Waals surface area (Å²) in [6.07, 6.45) is -2.61. The van der Waals surface area contributed by atoms with Gasteiger partial charge in [-0.3, -0.25) is 4.79 Å². The van der Waals surface area contributed by atoms with Crippen LogP contribution in [0.1, 0.15) is 13.3 Å². The molecular weight excluding hydrogens is 343 g/mol. The number of ether oxygens (including phenoxy) is 1. The summed E-state index contributed by atoms with van der Waals surface area (Å²) in [4.78, 5) is 11.8. The van der Waals surface area contributed by atoms with Crippen LogP contribution in [0.15, 0.2) is 15.5 Å². The fraction of sp³-hybridized carbons (Fsp3) is 0.636. The smallest absolute Gasteiger partial charge is 0.385 e. The van der Waals surface area contributed by atoms with E-state index < -0.39 is 18.3 Å². The Morgan fingerprint density at radius 3 is 2.75 bits per heavy atom. The average Bonchev–Trinajstić information content (AvgIpc) is 2.34. The van der Waals surface area contributed by atoms with Gasteiger partial charge in [0, 0.05) is 19.8 Å². The molecule has 1 atom stereocenters. The Morgan fingerprint density at radius 1 is 1.55 bits per heavy atom. The first-order chi connectivity index (χ1) is 9.24. The molecule has 1 heterocycles. The molecule has 0 spiro atoms. The molecule has 5 nitrogen and oxygen atoms in total. The molecule has 1 unspecified atom stereocenters. The molecule has 0 aliphatic carbocycles. The molecule has 0 aliphatic rings. The SMILES string of the molecule is COCCC(C)Nc1cnn(CC(F)(F)F)c(=O)c1Br. The normalized spacial score (nSPS) is 13.3. The van der Waals surface area contributed by atoms with Crippen LogP contribution in [0.4, 0.5) is 18.9 Å². The predicted octanol–water partition coefficient (Wildman–Crippen LogP) is 2.41. The lowest BCUT2D eigenvalue weighted by Gasteiger charge is -2.16. The number of hydrogen-bond donors (Lipinski definition) is 1. The summed E-state index contributed by atoms with van der Waals surface area (Å²) < 4.78 is 42.1. The average molecular weight is 358 g/mol. The first kappa shape index (κ1) is 17.0. The van der Waals surface area contributed by atoms with E-state index in [1.165, 1.54) is 6.20 Å². The first-order valence-corrected chi connectivity index (χ1v) is 6.61. The van der Waals surface area contributed by atoms with Crippen molar-refractivity contribution in [1.82, 2.24) is 9.78 Å². The summed E-state index contributed by atoms with van der Waals surface area (Å²) in [5.74, 6) is 0. The van der Waals surface area contributed by atoms with Crippen molar-refractivity contribution in [2.24, 2.45) is 0 Å². The Balaban J connectivity index is 2.86. The monoisotopic (exact) mass is 357 g/mol. The first-order valence-electron chi connectivity index (χ1n) is 5.82. The zero-order valence-electron chi connectivity index (χ0n) is 11.0. The number of nitrogens with zero attached hydrogens (tertiary/aromatic N) is 2. The van der Waals surface area contributed by atoms with Gasteiger partial charge in [-0.05, 0) is 29.3 Å². The van der Waals surface area contributed by atoms with Crippen molar-refractivity contribution in [1.29, 1.82) is 0 Å². The van der Waals surface area contributed by atoms with Crippen LogP contribution < -0.4 is 10.9 Å². The molecule has 0 radical (unpaired) electrons. The topological polar surface area (TPSA) is 56.1 Å². The van der Waals surface area contributed by atoms with Gasteiger partial charge >= 0.3 is 6.18 Å². The zero-order valence-corrected chi connectivity index (χ0v) is 12.6. The van der Waals surface area contributed by atoms with E-state index in [2.05, 4.69) is 26.3 Å². The molecule has 0 amide bonds. The summed E-state index contributed by atoms with van der Waals surface area (Å²) in [6, 6.07) is -0.00841. The van der Waals surface area contributed by atoms with E-state index in [-0.39, 0.29) is 10.5 Å². The molecule has 9 heteroatoms. The number of rotatable bonds is 6. The van der Waals surface area contributed by atoms with Gasteiger partial charge in [-0.15, -0.1) is 0 Å². The van der Waals surface area contributed by atoms with Crippen molar-refractivity contribution in [2.45, 2.75) is 32.1 Å². The number of nitrogens with one attached hydrogen (secondary N) is 1. The number of alkyl halides is 3. The fourth-order valence-electron chi connectivity index (χ4n) is 1.48. The third-order valence-electron chi connectivity index (χ3n) is 2.47. The lowest BCUT2D eigenvalue weighted by atomic mass is 10.2. The van der Waals surface area contributed by atoms with Crippen molar-refractivity contribution in [3.8, 4) is 0 Å². The highest BCUT2D eigenvalue weighted by Gasteiger charge is 2.29. The summed E-state index contributed by atoms with van der Waals surface area (Å²) >= 11 is 3.00. The van der Waals surface area contributed by atoms with Gasteiger partial charge in [0.25, 0.3) is 5.56 Å². The van der Waals surface area contributed by atoms with Gasteiger partial charge in [-0.25, -0.2) is 4.68 Å². The zero-order chi connectivity index (χ0) is 15.3. The van der Waals surface area contributed by atoms with Crippen molar-refractivity contribution in [3.05, 3.63) is 21.0 Å². The maximum atomic E-state index is 12.3. The van der Waals surface area contributed by atoms with Crippen LogP contribution in [-0.4, -0.2) is 35.7 Å². The number of halogens is 4. The van der Waals surface area contributed by atoms with Crippen LogP contribution in [0.3, 0.4) is 0 Å². The second kappa shape index (κ2) is 7.07. The van der Waals surface area contributed by atoms with Crippen LogP contribution >= 0.6 is 15.9 Å². The Labute approximate surface area is 122 Å². The van der Waals surface area contributed by atoms with Crippen molar-refractivity contribution in [2.75, 3.05) is 19.0 Å². The summed E-state index contributed by atoms with van der Waals surface area (Å²) in [6.45, 7) is 0.987. The second-order valence-corrected chi connectivity index (χ2v) is 5.07. The van der Waals surface area contributed by atoms with Gasteiger partial charge in [0.2, 0.25) is 0 Å². The predicted molar refractivity (Wildman–Crippen MR) is 71.8 cm³/mol. The molecule has 114 valence electrons. The maximum Gasteiger partial charge on any atom is 0.408 e. The Bertz CT molecular complexity index is 505. The van der Waals surface area contributed by atoms with Gasteiger partial charge in [-0.1, -0.05) is 0 Å². The number of hydrogen-bond acceptors (Lipinski definition) is 4. The van der Waals surface area contributed by atoms with E-state index in [1.807, 2.05) is 6.92 Å². The standard InChI is InChI=1S/C11H15BrF3N3O2/c1-7(3-4-20-2)17-8-5-16-18(6-11(13,14)15)10(19)9(8)12/h5,7,17H,3-4,6H2,1-2H3. The number of anilines is 1. The molecular formula is C11H15BrF3N3O2. The largest absolute Gasteiger partial charge is 0.408 e. The van der Waals surface area contributed by atoms with Crippen LogP contribution in [-0.2, 0) is 11.3 Å².